The average Bonchev–Trinajstić information content (AvgIpc) is 2.54. The number of carboxylic acid groups (broad SMARTS) is 1. The normalized spacial score (nSPS) is 13.9. The van der Waals surface area contributed by atoms with Crippen molar-refractivity contribution in [3.8, 4) is 11.1 Å². The van der Waals surface area contributed by atoms with Gasteiger partial charge in [0.15, 0.2) is 11.6 Å². The summed E-state index contributed by atoms with van der Waals surface area (Å²) in [7, 11) is -1.66. The molecule has 0 aliphatic carbocycles. The number of benzene rings is 2. The second kappa shape index (κ2) is 8.71. The Morgan fingerprint density at radius 2 is 1.66 bits per heavy atom. The monoisotopic (exact) mass is 423 g/mol. The van der Waals surface area contributed by atoms with Crippen LogP contribution in [0.4, 0.5) is 8.78 Å². The zero-order valence-corrected chi connectivity index (χ0v) is 18.3. The van der Waals surface area contributed by atoms with Gasteiger partial charge in [-0.1, -0.05) is 17.7 Å². The molecule has 2 aromatic carbocycles. The Kier molecular flexibility index (Phi) is 6.96. The second-order valence-corrected chi connectivity index (χ2v) is 10.3. The highest BCUT2D eigenvalue weighted by Gasteiger charge is 2.28. The van der Waals surface area contributed by atoms with Crippen LogP contribution >= 0.6 is 0 Å². The summed E-state index contributed by atoms with van der Waals surface area (Å²) >= 11 is 0. The molecule has 7 heteroatoms. The van der Waals surface area contributed by atoms with E-state index >= 15 is 0 Å². The van der Waals surface area contributed by atoms with Gasteiger partial charge in [-0.25, -0.2) is 17.7 Å². The van der Waals surface area contributed by atoms with E-state index in [1.807, 2.05) is 32.9 Å². The van der Waals surface area contributed by atoms with Crippen LogP contribution < -0.4 is 4.72 Å². The van der Waals surface area contributed by atoms with Gasteiger partial charge in [-0.15, -0.1) is 0 Å². The number of nitrogens with one attached hydrogen (secondary N) is 1. The lowest BCUT2D eigenvalue weighted by atomic mass is 9.91. The van der Waals surface area contributed by atoms with Gasteiger partial charge in [0.1, 0.15) is 0 Å². The van der Waals surface area contributed by atoms with Gasteiger partial charge in [-0.05, 0) is 75.9 Å². The van der Waals surface area contributed by atoms with Gasteiger partial charge in [-0.2, -0.15) is 0 Å². The Morgan fingerprint density at radius 3 is 2.14 bits per heavy atom. The fourth-order valence-corrected chi connectivity index (χ4v) is 4.16. The standard InChI is InChI=1S/C22H27F2NO3S/c1-12-7-13(2)20(14(3)8-12)15-9-16(21(24)17(23)10-15)18(11-19(26)27)25-29(28)22(4,5)6/h7-10,18,25H,11H2,1-6H3,(H,26,27)/t18-,29?/m0/s1. The van der Waals surface area contributed by atoms with Gasteiger partial charge in [-0.3, -0.25) is 4.79 Å². The van der Waals surface area contributed by atoms with E-state index in [2.05, 4.69) is 4.72 Å². The molecule has 2 atom stereocenters. The molecule has 0 spiro atoms. The predicted molar refractivity (Wildman–Crippen MR) is 112 cm³/mol. The fourth-order valence-electron chi connectivity index (χ4n) is 3.34. The molecule has 0 saturated carbocycles. The average molecular weight is 424 g/mol. The Morgan fingerprint density at radius 1 is 1.10 bits per heavy atom. The van der Waals surface area contributed by atoms with Crippen LogP contribution in [0.1, 0.15) is 55.5 Å². The maximum Gasteiger partial charge on any atom is 0.305 e. The smallest absolute Gasteiger partial charge is 0.305 e. The number of aliphatic carboxylic acids is 1. The molecule has 0 fully saturated rings. The predicted octanol–water partition coefficient (Wildman–Crippen LogP) is 5.12. The van der Waals surface area contributed by atoms with Gasteiger partial charge in [0, 0.05) is 5.56 Å². The SMILES string of the molecule is Cc1cc(C)c(-c2cc(F)c(F)c([C@H](CC(=O)O)NS(=O)C(C)(C)C)c2)c(C)c1. The zero-order chi connectivity index (χ0) is 22.1. The number of hydrogen-bond acceptors (Lipinski definition) is 2. The van der Waals surface area contributed by atoms with Crippen molar-refractivity contribution in [2.75, 3.05) is 0 Å². The first-order chi connectivity index (χ1) is 13.3. The molecular weight excluding hydrogens is 396 g/mol. The van der Waals surface area contributed by atoms with Crippen molar-refractivity contribution < 1.29 is 22.9 Å². The number of rotatable bonds is 6. The number of aryl methyl sites for hydroxylation is 3. The molecule has 0 heterocycles. The van der Waals surface area contributed by atoms with Crippen molar-refractivity contribution >= 4 is 17.0 Å². The Bertz CT molecular complexity index is 944. The van der Waals surface area contributed by atoms with Gasteiger partial charge in [0.05, 0.1) is 28.2 Å². The highest BCUT2D eigenvalue weighted by molar-refractivity contribution is 7.84. The van der Waals surface area contributed by atoms with Gasteiger partial charge >= 0.3 is 5.97 Å². The van der Waals surface area contributed by atoms with Crippen molar-refractivity contribution in [1.82, 2.24) is 4.72 Å². The van der Waals surface area contributed by atoms with E-state index < -0.39 is 45.8 Å². The van der Waals surface area contributed by atoms with Gasteiger partial charge in [0.2, 0.25) is 0 Å². The Hall–Kier alpha value is -2.12. The lowest BCUT2D eigenvalue weighted by molar-refractivity contribution is -0.137. The van der Waals surface area contributed by atoms with Gasteiger partial charge in [0.25, 0.3) is 0 Å². The molecule has 0 aliphatic heterocycles. The number of carboxylic acids is 1. The summed E-state index contributed by atoms with van der Waals surface area (Å²) in [6.07, 6.45) is -0.534. The largest absolute Gasteiger partial charge is 0.481 e. The maximum atomic E-state index is 14.7. The van der Waals surface area contributed by atoms with Crippen LogP contribution in [0.2, 0.25) is 0 Å². The lowest BCUT2D eigenvalue weighted by Gasteiger charge is -2.24. The molecule has 0 aromatic heterocycles. The minimum absolute atomic E-state index is 0.153. The summed E-state index contributed by atoms with van der Waals surface area (Å²) in [5, 5.41) is 9.27. The molecule has 2 rings (SSSR count). The first kappa shape index (κ1) is 23.2. The minimum Gasteiger partial charge on any atom is -0.481 e. The molecular formula is C22H27F2NO3S. The summed E-state index contributed by atoms with van der Waals surface area (Å²) in [5.74, 6) is -3.42. The van der Waals surface area contributed by atoms with Crippen LogP contribution in [0, 0.1) is 32.4 Å². The van der Waals surface area contributed by atoms with Crippen molar-refractivity contribution in [3.63, 3.8) is 0 Å². The maximum absolute atomic E-state index is 14.7. The third kappa shape index (κ3) is 5.48. The summed E-state index contributed by atoms with van der Waals surface area (Å²) in [6, 6.07) is 5.31. The molecule has 0 radical (unpaired) electrons. The van der Waals surface area contributed by atoms with E-state index in [-0.39, 0.29) is 5.56 Å². The van der Waals surface area contributed by atoms with Crippen LogP contribution in [0.3, 0.4) is 0 Å². The zero-order valence-electron chi connectivity index (χ0n) is 17.5. The molecule has 29 heavy (non-hydrogen) atoms. The van der Waals surface area contributed by atoms with E-state index in [0.29, 0.717) is 5.56 Å². The van der Waals surface area contributed by atoms with Crippen LogP contribution in [-0.4, -0.2) is 20.0 Å². The van der Waals surface area contributed by atoms with E-state index in [9.17, 15) is 22.9 Å². The Balaban J connectivity index is 2.64. The van der Waals surface area contributed by atoms with E-state index in [1.54, 1.807) is 20.8 Å². The minimum atomic E-state index is -1.66. The molecule has 158 valence electrons. The molecule has 0 bridgehead atoms. The molecule has 2 aromatic rings. The summed E-state index contributed by atoms with van der Waals surface area (Å²) < 4.78 is 43.7. The Labute approximate surface area is 172 Å². The van der Waals surface area contributed by atoms with Crippen molar-refractivity contribution in [2.24, 2.45) is 0 Å². The summed E-state index contributed by atoms with van der Waals surface area (Å²) in [5.41, 5.74) is 3.92. The third-order valence-electron chi connectivity index (χ3n) is 4.58. The lowest BCUT2D eigenvalue weighted by Crippen LogP contribution is -2.37. The first-order valence-corrected chi connectivity index (χ1v) is 10.4. The highest BCUT2D eigenvalue weighted by Crippen LogP contribution is 2.34. The quantitative estimate of drug-likeness (QED) is 0.677. The second-order valence-electron chi connectivity index (χ2n) is 8.28. The van der Waals surface area contributed by atoms with Crippen LogP contribution in [0.15, 0.2) is 24.3 Å². The number of halogens is 2. The molecule has 0 saturated heterocycles. The van der Waals surface area contributed by atoms with E-state index in [4.69, 9.17) is 0 Å². The van der Waals surface area contributed by atoms with Crippen LogP contribution in [0.5, 0.6) is 0 Å². The number of carbonyl (C=O) groups is 1. The summed E-state index contributed by atoms with van der Waals surface area (Å²) in [6.45, 7) is 10.9. The van der Waals surface area contributed by atoms with E-state index in [0.717, 1.165) is 28.3 Å². The molecule has 1 unspecified atom stereocenters. The third-order valence-corrected chi connectivity index (χ3v) is 6.19. The highest BCUT2D eigenvalue weighted by atomic mass is 32.2. The topological polar surface area (TPSA) is 66.4 Å². The molecule has 4 nitrogen and oxygen atoms in total. The summed E-state index contributed by atoms with van der Waals surface area (Å²) in [4.78, 5) is 11.4. The van der Waals surface area contributed by atoms with Crippen molar-refractivity contribution in [3.05, 3.63) is 58.2 Å². The van der Waals surface area contributed by atoms with Crippen molar-refractivity contribution in [2.45, 2.75) is 58.8 Å². The fraction of sp³-hybridized carbons (Fsp3) is 0.409. The van der Waals surface area contributed by atoms with Crippen LogP contribution in [0.25, 0.3) is 11.1 Å². The van der Waals surface area contributed by atoms with E-state index in [1.165, 1.54) is 6.07 Å². The van der Waals surface area contributed by atoms with Gasteiger partial charge < -0.3 is 5.11 Å². The van der Waals surface area contributed by atoms with Crippen molar-refractivity contribution in [1.29, 1.82) is 0 Å². The number of hydrogen-bond donors (Lipinski definition) is 2. The first-order valence-electron chi connectivity index (χ1n) is 9.28. The molecule has 0 amide bonds. The van der Waals surface area contributed by atoms with Crippen LogP contribution in [-0.2, 0) is 15.8 Å². The molecule has 0 aliphatic rings. The molecule has 2 N–H and O–H groups in total.